The van der Waals surface area contributed by atoms with Crippen LogP contribution in [0.15, 0.2) is 32.8 Å². The summed E-state index contributed by atoms with van der Waals surface area (Å²) in [6, 6.07) is 5.85. The van der Waals surface area contributed by atoms with Crippen molar-refractivity contribution in [3.63, 3.8) is 0 Å². The number of aryl methyl sites for hydroxylation is 1. The average Bonchev–Trinajstić information content (AvgIpc) is 2.76. The maximum Gasteiger partial charge on any atom is 0.345 e. The fourth-order valence-electron chi connectivity index (χ4n) is 1.82. The lowest BCUT2D eigenvalue weighted by Crippen LogP contribution is -2.03. The summed E-state index contributed by atoms with van der Waals surface area (Å²) in [7, 11) is 0. The Morgan fingerprint density at radius 1 is 1.26 bits per heavy atom. The second-order valence-electron chi connectivity index (χ2n) is 4.01. The van der Waals surface area contributed by atoms with Crippen LogP contribution in [0.25, 0.3) is 22.2 Å². The molecule has 6 heteroatoms. The fourth-order valence-corrected chi connectivity index (χ4v) is 4.44. The third kappa shape index (κ3) is 2.57. The molecule has 2 aromatic heterocycles. The van der Waals surface area contributed by atoms with Gasteiger partial charge in [0.2, 0.25) is 0 Å². The van der Waals surface area contributed by atoms with Crippen molar-refractivity contribution < 1.29 is 4.42 Å². The summed E-state index contributed by atoms with van der Waals surface area (Å²) in [5, 5.41) is 3.75. The Kier molecular flexibility index (Phi) is 3.65. The Balaban J connectivity index is 2.33. The van der Waals surface area contributed by atoms with Crippen molar-refractivity contribution in [1.29, 1.82) is 0 Å². The first kappa shape index (κ1) is 13.5. The van der Waals surface area contributed by atoms with Crippen LogP contribution in [0.4, 0.5) is 0 Å². The molecule has 0 aliphatic carbocycles. The van der Waals surface area contributed by atoms with E-state index in [1.165, 1.54) is 11.3 Å². The van der Waals surface area contributed by atoms with E-state index in [0.717, 1.165) is 17.5 Å². The number of fused-ring (bicyclic) bond motifs is 1. The molecule has 0 radical (unpaired) electrons. The van der Waals surface area contributed by atoms with Crippen molar-refractivity contribution in [2.45, 2.75) is 6.92 Å². The highest BCUT2D eigenvalue weighted by Gasteiger charge is 2.12. The SMILES string of the molecule is Cc1nc(-c2cc3cc(I)cc(I)c3oc2=O)cs1. The van der Waals surface area contributed by atoms with Gasteiger partial charge in [0.05, 0.1) is 19.8 Å². The van der Waals surface area contributed by atoms with Gasteiger partial charge in [0.25, 0.3) is 0 Å². The molecule has 3 rings (SSSR count). The van der Waals surface area contributed by atoms with Crippen LogP contribution in [-0.2, 0) is 0 Å². The van der Waals surface area contributed by atoms with Gasteiger partial charge in [0, 0.05) is 14.3 Å². The summed E-state index contributed by atoms with van der Waals surface area (Å²) in [6.45, 7) is 1.92. The molecule has 2 heterocycles. The second-order valence-corrected chi connectivity index (χ2v) is 7.48. The van der Waals surface area contributed by atoms with Gasteiger partial charge in [-0.05, 0) is 70.3 Å². The van der Waals surface area contributed by atoms with Crippen LogP contribution >= 0.6 is 56.5 Å². The fraction of sp³-hybridized carbons (Fsp3) is 0.0769. The lowest BCUT2D eigenvalue weighted by atomic mass is 10.1. The van der Waals surface area contributed by atoms with Gasteiger partial charge in [-0.15, -0.1) is 11.3 Å². The molecule has 0 saturated heterocycles. The number of benzene rings is 1. The molecule has 3 aromatic rings. The van der Waals surface area contributed by atoms with Gasteiger partial charge in [-0.3, -0.25) is 0 Å². The molecule has 0 N–H and O–H groups in total. The van der Waals surface area contributed by atoms with Gasteiger partial charge in [0.1, 0.15) is 0 Å². The summed E-state index contributed by atoms with van der Waals surface area (Å²) < 4.78 is 7.50. The molecule has 0 saturated carbocycles. The van der Waals surface area contributed by atoms with Gasteiger partial charge in [0.15, 0.2) is 5.58 Å². The van der Waals surface area contributed by atoms with E-state index in [1.54, 1.807) is 0 Å². The molecule has 0 aliphatic heterocycles. The van der Waals surface area contributed by atoms with Crippen LogP contribution in [0.3, 0.4) is 0 Å². The highest BCUT2D eigenvalue weighted by atomic mass is 127. The number of nitrogens with zero attached hydrogens (tertiary/aromatic N) is 1. The maximum atomic E-state index is 12.1. The first-order chi connectivity index (χ1) is 9.04. The Labute approximate surface area is 140 Å². The zero-order valence-corrected chi connectivity index (χ0v) is 14.9. The largest absolute Gasteiger partial charge is 0.421 e. The number of hydrogen-bond donors (Lipinski definition) is 0. The topological polar surface area (TPSA) is 43.1 Å². The Bertz CT molecular complexity index is 838. The summed E-state index contributed by atoms with van der Waals surface area (Å²) >= 11 is 5.96. The maximum absolute atomic E-state index is 12.1. The van der Waals surface area contributed by atoms with Crippen molar-refractivity contribution >= 4 is 67.5 Å². The highest BCUT2D eigenvalue weighted by molar-refractivity contribution is 14.1. The number of hydrogen-bond acceptors (Lipinski definition) is 4. The van der Waals surface area contributed by atoms with E-state index in [4.69, 9.17) is 4.42 Å². The smallest absolute Gasteiger partial charge is 0.345 e. The molecule has 1 aromatic carbocycles. The summed E-state index contributed by atoms with van der Waals surface area (Å²) in [5.41, 5.74) is 1.51. The van der Waals surface area contributed by atoms with Crippen molar-refractivity contribution in [2.75, 3.05) is 0 Å². The molecular weight excluding hydrogens is 488 g/mol. The van der Waals surface area contributed by atoms with E-state index in [9.17, 15) is 4.79 Å². The van der Waals surface area contributed by atoms with Gasteiger partial charge in [-0.1, -0.05) is 0 Å². The van der Waals surface area contributed by atoms with Gasteiger partial charge < -0.3 is 4.42 Å². The third-order valence-corrected chi connectivity index (χ3v) is 4.84. The number of rotatable bonds is 1. The molecule has 0 amide bonds. The minimum atomic E-state index is -0.336. The molecular formula is C13H7I2NO2S. The van der Waals surface area contributed by atoms with Gasteiger partial charge in [-0.2, -0.15) is 0 Å². The first-order valence-electron chi connectivity index (χ1n) is 5.40. The standard InChI is InChI=1S/C13H7I2NO2S/c1-6-16-11(5-19-6)9-3-7-2-8(14)4-10(15)12(7)18-13(9)17/h2-5H,1H3. The van der Waals surface area contributed by atoms with Crippen LogP contribution in [-0.4, -0.2) is 4.98 Å². The monoisotopic (exact) mass is 495 g/mol. The van der Waals surface area contributed by atoms with E-state index in [0.29, 0.717) is 16.8 Å². The van der Waals surface area contributed by atoms with Gasteiger partial charge >= 0.3 is 5.63 Å². The second kappa shape index (κ2) is 5.13. The van der Waals surface area contributed by atoms with E-state index < -0.39 is 0 Å². The normalized spacial score (nSPS) is 11.1. The van der Waals surface area contributed by atoms with Crippen LogP contribution in [0.1, 0.15) is 5.01 Å². The van der Waals surface area contributed by atoms with Crippen LogP contribution in [0.5, 0.6) is 0 Å². The number of halogens is 2. The molecule has 0 bridgehead atoms. The zero-order valence-electron chi connectivity index (χ0n) is 9.74. The number of aromatic nitrogens is 1. The molecule has 0 aliphatic rings. The summed E-state index contributed by atoms with van der Waals surface area (Å²) in [4.78, 5) is 16.4. The van der Waals surface area contributed by atoms with Crippen molar-refractivity contribution in [3.05, 3.63) is 46.1 Å². The molecule has 96 valence electrons. The van der Waals surface area contributed by atoms with Crippen molar-refractivity contribution in [3.8, 4) is 11.3 Å². The minimum Gasteiger partial charge on any atom is -0.421 e. The van der Waals surface area contributed by atoms with E-state index >= 15 is 0 Å². The molecule has 0 atom stereocenters. The van der Waals surface area contributed by atoms with E-state index in [2.05, 4.69) is 50.2 Å². The Morgan fingerprint density at radius 3 is 2.74 bits per heavy atom. The highest BCUT2D eigenvalue weighted by Crippen LogP contribution is 2.26. The molecule has 0 unspecified atom stereocenters. The lowest BCUT2D eigenvalue weighted by Gasteiger charge is -2.02. The van der Waals surface area contributed by atoms with Crippen LogP contribution in [0, 0.1) is 14.1 Å². The van der Waals surface area contributed by atoms with E-state index in [1.807, 2.05) is 30.5 Å². The zero-order chi connectivity index (χ0) is 13.6. The Morgan fingerprint density at radius 2 is 2.05 bits per heavy atom. The molecule has 19 heavy (non-hydrogen) atoms. The van der Waals surface area contributed by atoms with E-state index in [-0.39, 0.29) is 5.63 Å². The molecule has 0 spiro atoms. The van der Waals surface area contributed by atoms with Crippen LogP contribution < -0.4 is 5.63 Å². The molecule has 0 fully saturated rings. The van der Waals surface area contributed by atoms with Crippen molar-refractivity contribution in [1.82, 2.24) is 4.98 Å². The lowest BCUT2D eigenvalue weighted by molar-refractivity contribution is 0.561. The third-order valence-electron chi connectivity index (χ3n) is 2.65. The van der Waals surface area contributed by atoms with Crippen LogP contribution in [0.2, 0.25) is 0 Å². The number of thiazole rings is 1. The Hall–Kier alpha value is -0.480. The summed E-state index contributed by atoms with van der Waals surface area (Å²) in [5.74, 6) is 0. The predicted molar refractivity (Wildman–Crippen MR) is 93.8 cm³/mol. The molecule has 3 nitrogen and oxygen atoms in total. The first-order valence-corrected chi connectivity index (χ1v) is 8.44. The van der Waals surface area contributed by atoms with Gasteiger partial charge in [-0.25, -0.2) is 9.78 Å². The minimum absolute atomic E-state index is 0.336. The van der Waals surface area contributed by atoms with Crippen molar-refractivity contribution in [2.24, 2.45) is 0 Å². The average molecular weight is 495 g/mol. The predicted octanol–water partition coefficient (Wildman–Crippen LogP) is 4.43. The summed E-state index contributed by atoms with van der Waals surface area (Å²) in [6.07, 6.45) is 0. The quantitative estimate of drug-likeness (QED) is 0.371.